The van der Waals surface area contributed by atoms with Gasteiger partial charge in [0, 0.05) is 39.4 Å². The zero-order valence-corrected chi connectivity index (χ0v) is 18.5. The molecule has 0 unspecified atom stereocenters. The van der Waals surface area contributed by atoms with E-state index in [1.165, 1.54) is 27.8 Å². The van der Waals surface area contributed by atoms with Gasteiger partial charge in [-0.3, -0.25) is 19.1 Å². The molecule has 0 bridgehead atoms. The molecule has 2 aromatic rings. The highest BCUT2D eigenvalue weighted by molar-refractivity contribution is 6.01. The molecular weight excluding hydrogens is 417 g/mol. The molecule has 0 spiro atoms. The standard InChI is InChI=1S/C22H28FN5O4/c1-4-32-11-5-10-24-19(29)17-12-18-20(30)27(3)22(2,14-28(18)26-17)21(31)25-13-15-6-8-16(23)9-7-15/h6-9,12H,4-5,10-11,13-14H2,1-3H3,(H,24,29)(H,25,31)/t22-/m0/s1. The van der Waals surface area contributed by atoms with Crippen LogP contribution in [0.1, 0.15) is 46.8 Å². The summed E-state index contributed by atoms with van der Waals surface area (Å²) < 4.78 is 19.7. The van der Waals surface area contributed by atoms with E-state index in [9.17, 15) is 18.8 Å². The van der Waals surface area contributed by atoms with E-state index in [2.05, 4.69) is 15.7 Å². The zero-order valence-electron chi connectivity index (χ0n) is 18.5. The maximum absolute atomic E-state index is 13.1. The van der Waals surface area contributed by atoms with Gasteiger partial charge in [-0.15, -0.1) is 0 Å². The zero-order chi connectivity index (χ0) is 23.3. The molecule has 32 heavy (non-hydrogen) atoms. The van der Waals surface area contributed by atoms with Gasteiger partial charge < -0.3 is 20.3 Å². The Hall–Kier alpha value is -3.27. The number of nitrogens with one attached hydrogen (secondary N) is 2. The van der Waals surface area contributed by atoms with Crippen LogP contribution in [-0.4, -0.2) is 64.7 Å². The average Bonchev–Trinajstić information content (AvgIpc) is 3.20. The van der Waals surface area contributed by atoms with Crippen LogP contribution < -0.4 is 10.6 Å². The molecule has 1 aliphatic rings. The summed E-state index contributed by atoms with van der Waals surface area (Å²) in [6.07, 6.45) is 0.668. The van der Waals surface area contributed by atoms with E-state index in [4.69, 9.17) is 4.74 Å². The van der Waals surface area contributed by atoms with Gasteiger partial charge in [0.05, 0.1) is 6.54 Å². The molecule has 9 nitrogen and oxygen atoms in total. The Morgan fingerprint density at radius 1 is 1.25 bits per heavy atom. The Morgan fingerprint density at radius 2 is 1.97 bits per heavy atom. The number of aromatic nitrogens is 2. The van der Waals surface area contributed by atoms with Crippen molar-refractivity contribution >= 4 is 17.7 Å². The van der Waals surface area contributed by atoms with Crippen LogP contribution >= 0.6 is 0 Å². The van der Waals surface area contributed by atoms with Crippen molar-refractivity contribution in [2.24, 2.45) is 0 Å². The van der Waals surface area contributed by atoms with Crippen molar-refractivity contribution in [1.29, 1.82) is 0 Å². The summed E-state index contributed by atoms with van der Waals surface area (Å²) in [6, 6.07) is 7.24. The van der Waals surface area contributed by atoms with Gasteiger partial charge in [0.25, 0.3) is 11.8 Å². The third-order valence-corrected chi connectivity index (χ3v) is 5.54. The highest BCUT2D eigenvalue weighted by Crippen LogP contribution is 2.26. The largest absolute Gasteiger partial charge is 0.382 e. The first-order chi connectivity index (χ1) is 15.3. The first-order valence-corrected chi connectivity index (χ1v) is 10.5. The fourth-order valence-electron chi connectivity index (χ4n) is 3.42. The number of nitrogens with zero attached hydrogens (tertiary/aromatic N) is 3. The molecule has 172 valence electrons. The molecule has 1 aromatic heterocycles. The number of hydrogen-bond acceptors (Lipinski definition) is 5. The van der Waals surface area contributed by atoms with Crippen LogP contribution in [0.15, 0.2) is 30.3 Å². The first-order valence-electron chi connectivity index (χ1n) is 10.5. The summed E-state index contributed by atoms with van der Waals surface area (Å²) in [5, 5.41) is 9.81. The van der Waals surface area contributed by atoms with Gasteiger partial charge in [-0.1, -0.05) is 12.1 Å². The second-order valence-electron chi connectivity index (χ2n) is 7.83. The van der Waals surface area contributed by atoms with Crippen LogP contribution in [-0.2, 0) is 22.6 Å². The monoisotopic (exact) mass is 445 g/mol. The number of amides is 3. The van der Waals surface area contributed by atoms with Crippen LogP contribution in [0, 0.1) is 5.82 Å². The van der Waals surface area contributed by atoms with E-state index in [1.807, 2.05) is 6.92 Å². The van der Waals surface area contributed by atoms with Crippen LogP contribution in [0.2, 0.25) is 0 Å². The predicted octanol–water partition coefficient (Wildman–Crippen LogP) is 1.34. The lowest BCUT2D eigenvalue weighted by molar-refractivity contribution is -0.132. The number of hydrogen-bond donors (Lipinski definition) is 2. The highest BCUT2D eigenvalue weighted by atomic mass is 19.1. The highest BCUT2D eigenvalue weighted by Gasteiger charge is 2.46. The summed E-state index contributed by atoms with van der Waals surface area (Å²) in [5.74, 6) is -1.52. The number of rotatable bonds is 9. The normalized spacial score (nSPS) is 17.8. The van der Waals surface area contributed by atoms with Gasteiger partial charge >= 0.3 is 0 Å². The Morgan fingerprint density at radius 3 is 2.66 bits per heavy atom. The molecule has 10 heteroatoms. The SMILES string of the molecule is CCOCCCNC(=O)c1cc2n(n1)C[C@@](C)(C(=O)NCc1ccc(F)cc1)N(C)C2=O. The summed E-state index contributed by atoms with van der Waals surface area (Å²) in [5.41, 5.74) is -0.109. The van der Waals surface area contributed by atoms with Crippen LogP contribution in [0.25, 0.3) is 0 Å². The third kappa shape index (κ3) is 4.96. The van der Waals surface area contributed by atoms with E-state index in [0.717, 1.165) is 5.56 Å². The Bertz CT molecular complexity index is 991. The van der Waals surface area contributed by atoms with E-state index in [-0.39, 0.29) is 42.1 Å². The summed E-state index contributed by atoms with van der Waals surface area (Å²) in [4.78, 5) is 39.7. The Labute approximate surface area is 185 Å². The average molecular weight is 445 g/mol. The summed E-state index contributed by atoms with van der Waals surface area (Å²) in [7, 11) is 1.55. The van der Waals surface area contributed by atoms with Crippen LogP contribution in [0.3, 0.4) is 0 Å². The quantitative estimate of drug-likeness (QED) is 0.567. The fraction of sp³-hybridized carbons (Fsp3) is 0.455. The van der Waals surface area contributed by atoms with Crippen molar-refractivity contribution in [3.63, 3.8) is 0 Å². The molecule has 1 aliphatic heterocycles. The first kappa shape index (κ1) is 23.4. The molecule has 0 aliphatic carbocycles. The number of ether oxygens (including phenoxy) is 1. The van der Waals surface area contributed by atoms with Gasteiger partial charge in [0.15, 0.2) is 5.69 Å². The van der Waals surface area contributed by atoms with E-state index in [0.29, 0.717) is 26.2 Å². The molecule has 0 saturated carbocycles. The van der Waals surface area contributed by atoms with Crippen molar-refractivity contribution in [2.75, 3.05) is 26.8 Å². The minimum atomic E-state index is -1.21. The van der Waals surface area contributed by atoms with Gasteiger partial charge in [-0.05, 0) is 38.0 Å². The lowest BCUT2D eigenvalue weighted by Crippen LogP contribution is -2.62. The van der Waals surface area contributed by atoms with E-state index < -0.39 is 11.4 Å². The number of likely N-dealkylation sites (N-methyl/N-ethyl adjacent to an activating group) is 1. The van der Waals surface area contributed by atoms with Crippen molar-refractivity contribution < 1.29 is 23.5 Å². The number of halogens is 1. The number of benzene rings is 1. The van der Waals surface area contributed by atoms with E-state index in [1.54, 1.807) is 26.1 Å². The topological polar surface area (TPSA) is 106 Å². The molecule has 1 atom stereocenters. The summed E-state index contributed by atoms with van der Waals surface area (Å²) in [6.45, 7) is 5.43. The fourth-order valence-corrected chi connectivity index (χ4v) is 3.42. The smallest absolute Gasteiger partial charge is 0.272 e. The van der Waals surface area contributed by atoms with Gasteiger partial charge in [0.2, 0.25) is 5.91 Å². The lowest BCUT2D eigenvalue weighted by Gasteiger charge is -2.40. The molecule has 0 radical (unpaired) electrons. The van der Waals surface area contributed by atoms with Gasteiger partial charge in [0.1, 0.15) is 17.1 Å². The lowest BCUT2D eigenvalue weighted by atomic mass is 9.96. The van der Waals surface area contributed by atoms with Crippen LogP contribution in [0.4, 0.5) is 4.39 Å². The molecule has 2 N–H and O–H groups in total. The molecule has 3 amide bonds. The minimum absolute atomic E-state index is 0.0947. The number of carbonyl (C=O) groups excluding carboxylic acids is 3. The van der Waals surface area contributed by atoms with Crippen molar-refractivity contribution in [3.05, 3.63) is 53.1 Å². The second-order valence-corrected chi connectivity index (χ2v) is 7.83. The van der Waals surface area contributed by atoms with Crippen molar-refractivity contribution in [3.8, 4) is 0 Å². The maximum atomic E-state index is 13.1. The molecular formula is C22H28FN5O4. The van der Waals surface area contributed by atoms with Crippen LogP contribution in [0.5, 0.6) is 0 Å². The molecule has 1 aromatic carbocycles. The van der Waals surface area contributed by atoms with Gasteiger partial charge in [-0.25, -0.2) is 4.39 Å². The molecule has 0 fully saturated rings. The van der Waals surface area contributed by atoms with Gasteiger partial charge in [-0.2, -0.15) is 5.10 Å². The van der Waals surface area contributed by atoms with E-state index >= 15 is 0 Å². The minimum Gasteiger partial charge on any atom is -0.382 e. The second kappa shape index (κ2) is 9.90. The Balaban J connectivity index is 1.67. The number of fused-ring (bicyclic) bond motifs is 1. The third-order valence-electron chi connectivity index (χ3n) is 5.54. The maximum Gasteiger partial charge on any atom is 0.272 e. The van der Waals surface area contributed by atoms with Crippen molar-refractivity contribution in [1.82, 2.24) is 25.3 Å². The Kier molecular flexibility index (Phi) is 7.24. The predicted molar refractivity (Wildman–Crippen MR) is 114 cm³/mol. The molecule has 3 rings (SSSR count). The molecule has 0 saturated heterocycles. The van der Waals surface area contributed by atoms with Crippen molar-refractivity contribution in [2.45, 2.75) is 38.9 Å². The molecule has 2 heterocycles. The number of carbonyl (C=O) groups is 3. The summed E-state index contributed by atoms with van der Waals surface area (Å²) >= 11 is 0.